The summed E-state index contributed by atoms with van der Waals surface area (Å²) >= 11 is 3.47. The first-order chi connectivity index (χ1) is 12.6. The van der Waals surface area contributed by atoms with E-state index in [4.69, 9.17) is 4.74 Å². The molecule has 5 nitrogen and oxygen atoms in total. The number of pyridine rings is 1. The first-order valence-corrected chi connectivity index (χ1v) is 8.97. The molecule has 130 valence electrons. The quantitative estimate of drug-likeness (QED) is 0.544. The molecule has 0 aliphatic carbocycles. The highest BCUT2D eigenvalue weighted by molar-refractivity contribution is 9.10. The van der Waals surface area contributed by atoms with E-state index in [1.165, 1.54) is 0 Å². The van der Waals surface area contributed by atoms with E-state index in [2.05, 4.69) is 25.9 Å². The van der Waals surface area contributed by atoms with Crippen molar-refractivity contribution in [2.75, 3.05) is 0 Å². The lowest BCUT2D eigenvalue weighted by Gasteiger charge is -2.10. The summed E-state index contributed by atoms with van der Waals surface area (Å²) < 4.78 is 8.24. The van der Waals surface area contributed by atoms with Gasteiger partial charge in [0.05, 0.1) is 22.4 Å². The van der Waals surface area contributed by atoms with E-state index in [1.807, 2.05) is 61.5 Å². The van der Waals surface area contributed by atoms with Gasteiger partial charge in [-0.05, 0) is 46.6 Å². The lowest BCUT2D eigenvalue weighted by molar-refractivity contribution is 0.293. The standard InChI is InChI=1S/C20H16BrN3O2/c1-13-16(24-17-9-5-8-15(21)19(17)23-20(24)25)10-11-18(22-13)26-12-14-6-3-2-4-7-14/h2-11H,12H2,1H3,(H,23,25). The van der Waals surface area contributed by atoms with Crippen LogP contribution in [0.4, 0.5) is 0 Å². The summed E-state index contributed by atoms with van der Waals surface area (Å²) in [5.74, 6) is 0.532. The zero-order valence-electron chi connectivity index (χ0n) is 14.1. The number of hydrogen-bond acceptors (Lipinski definition) is 3. The Morgan fingerprint density at radius 1 is 1.08 bits per heavy atom. The highest BCUT2D eigenvalue weighted by atomic mass is 79.9. The minimum atomic E-state index is -0.199. The number of nitrogens with zero attached hydrogens (tertiary/aromatic N) is 2. The van der Waals surface area contributed by atoms with E-state index in [9.17, 15) is 4.79 Å². The summed E-state index contributed by atoms with van der Waals surface area (Å²) in [5.41, 5.74) is 3.89. The van der Waals surface area contributed by atoms with Gasteiger partial charge in [-0.15, -0.1) is 0 Å². The van der Waals surface area contributed by atoms with Crippen LogP contribution in [0.2, 0.25) is 0 Å². The van der Waals surface area contributed by atoms with Crippen LogP contribution in [0.5, 0.6) is 5.88 Å². The van der Waals surface area contributed by atoms with Crippen molar-refractivity contribution >= 4 is 27.0 Å². The Labute approximate surface area is 158 Å². The number of aromatic nitrogens is 3. The van der Waals surface area contributed by atoms with Gasteiger partial charge in [0.15, 0.2) is 0 Å². The highest BCUT2D eigenvalue weighted by Gasteiger charge is 2.13. The van der Waals surface area contributed by atoms with Crippen molar-refractivity contribution in [3.63, 3.8) is 0 Å². The fraction of sp³-hybridized carbons (Fsp3) is 0.100. The number of ether oxygens (including phenoxy) is 1. The molecular weight excluding hydrogens is 394 g/mol. The zero-order valence-corrected chi connectivity index (χ0v) is 15.7. The number of halogens is 1. The molecule has 0 fully saturated rings. The third kappa shape index (κ3) is 3.04. The molecule has 0 saturated carbocycles. The molecule has 4 aromatic rings. The number of H-pyrrole nitrogens is 1. The monoisotopic (exact) mass is 409 g/mol. The van der Waals surface area contributed by atoms with Crippen LogP contribution in [0.1, 0.15) is 11.3 Å². The number of imidazole rings is 1. The highest BCUT2D eigenvalue weighted by Crippen LogP contribution is 2.24. The maximum Gasteiger partial charge on any atom is 0.331 e. The second-order valence-electron chi connectivity index (χ2n) is 5.93. The normalized spacial score (nSPS) is 11.0. The molecule has 26 heavy (non-hydrogen) atoms. The lowest BCUT2D eigenvalue weighted by Crippen LogP contribution is -2.16. The lowest BCUT2D eigenvalue weighted by atomic mass is 10.2. The largest absolute Gasteiger partial charge is 0.473 e. The molecule has 2 heterocycles. The van der Waals surface area contributed by atoms with Gasteiger partial charge in [-0.2, -0.15) is 0 Å². The molecule has 0 unspecified atom stereocenters. The molecular formula is C20H16BrN3O2. The molecule has 0 amide bonds. The fourth-order valence-corrected chi connectivity index (χ4v) is 3.37. The Bertz CT molecular complexity index is 1130. The van der Waals surface area contributed by atoms with Gasteiger partial charge in [0.2, 0.25) is 5.88 Å². The van der Waals surface area contributed by atoms with E-state index in [0.29, 0.717) is 12.5 Å². The molecule has 0 spiro atoms. The average molecular weight is 410 g/mol. The van der Waals surface area contributed by atoms with Gasteiger partial charge in [-0.25, -0.2) is 9.78 Å². The number of hydrogen-bond donors (Lipinski definition) is 1. The molecule has 0 atom stereocenters. The molecule has 2 aromatic carbocycles. The molecule has 2 aromatic heterocycles. The van der Waals surface area contributed by atoms with Gasteiger partial charge in [0.1, 0.15) is 6.61 Å². The number of rotatable bonds is 4. The van der Waals surface area contributed by atoms with E-state index in [-0.39, 0.29) is 5.69 Å². The average Bonchev–Trinajstić information content (AvgIpc) is 2.98. The Hall–Kier alpha value is -2.86. The van der Waals surface area contributed by atoms with Crippen molar-refractivity contribution in [2.45, 2.75) is 13.5 Å². The van der Waals surface area contributed by atoms with E-state index in [1.54, 1.807) is 10.6 Å². The van der Waals surface area contributed by atoms with E-state index in [0.717, 1.165) is 32.5 Å². The number of aryl methyl sites for hydroxylation is 1. The van der Waals surface area contributed by atoms with Crippen LogP contribution in [0, 0.1) is 6.92 Å². The van der Waals surface area contributed by atoms with Gasteiger partial charge in [0.25, 0.3) is 0 Å². The predicted octanol–water partition coefficient (Wildman–Crippen LogP) is 4.36. The van der Waals surface area contributed by atoms with Crippen molar-refractivity contribution in [1.29, 1.82) is 0 Å². The van der Waals surface area contributed by atoms with Crippen LogP contribution in [0.15, 0.2) is 69.9 Å². The minimum absolute atomic E-state index is 0.199. The number of para-hydroxylation sites is 1. The third-order valence-corrected chi connectivity index (χ3v) is 4.83. The van der Waals surface area contributed by atoms with Gasteiger partial charge in [-0.3, -0.25) is 4.57 Å². The Balaban J connectivity index is 1.68. The number of fused-ring (bicyclic) bond motifs is 1. The summed E-state index contributed by atoms with van der Waals surface area (Å²) in [6.45, 7) is 2.32. The Kier molecular flexibility index (Phi) is 4.34. The SMILES string of the molecule is Cc1nc(OCc2ccccc2)ccc1-n1c(=O)[nH]c2c(Br)cccc21. The van der Waals surface area contributed by atoms with Crippen LogP contribution in [-0.2, 0) is 6.61 Å². The number of benzene rings is 2. The summed E-state index contributed by atoms with van der Waals surface area (Å²) in [5, 5.41) is 0. The molecule has 1 N–H and O–H groups in total. The van der Waals surface area contributed by atoms with E-state index >= 15 is 0 Å². The van der Waals surface area contributed by atoms with Crippen molar-refractivity contribution < 1.29 is 4.74 Å². The smallest absolute Gasteiger partial charge is 0.331 e. The number of aromatic amines is 1. The summed E-state index contributed by atoms with van der Waals surface area (Å²) in [7, 11) is 0. The van der Waals surface area contributed by atoms with Gasteiger partial charge in [-0.1, -0.05) is 36.4 Å². The molecule has 0 bridgehead atoms. The first-order valence-electron chi connectivity index (χ1n) is 8.17. The van der Waals surface area contributed by atoms with Crippen LogP contribution < -0.4 is 10.4 Å². The fourth-order valence-electron chi connectivity index (χ4n) is 2.91. The Morgan fingerprint density at radius 2 is 1.88 bits per heavy atom. The maximum atomic E-state index is 12.5. The summed E-state index contributed by atoms with van der Waals surface area (Å²) in [6, 6.07) is 19.3. The molecule has 0 aliphatic rings. The van der Waals surface area contributed by atoms with Gasteiger partial charge >= 0.3 is 5.69 Å². The molecule has 6 heteroatoms. The zero-order chi connectivity index (χ0) is 18.1. The van der Waals surface area contributed by atoms with E-state index < -0.39 is 0 Å². The minimum Gasteiger partial charge on any atom is -0.473 e. The van der Waals surface area contributed by atoms with Crippen LogP contribution >= 0.6 is 15.9 Å². The van der Waals surface area contributed by atoms with Crippen molar-refractivity contribution in [2.24, 2.45) is 0 Å². The molecule has 4 rings (SSSR count). The molecule has 0 saturated heterocycles. The number of nitrogens with one attached hydrogen (secondary N) is 1. The third-order valence-electron chi connectivity index (χ3n) is 4.17. The van der Waals surface area contributed by atoms with Crippen LogP contribution in [0.3, 0.4) is 0 Å². The van der Waals surface area contributed by atoms with Crippen molar-refractivity contribution in [1.82, 2.24) is 14.5 Å². The van der Waals surface area contributed by atoms with Gasteiger partial charge < -0.3 is 9.72 Å². The molecule has 0 radical (unpaired) electrons. The predicted molar refractivity (Wildman–Crippen MR) is 105 cm³/mol. The van der Waals surface area contributed by atoms with Gasteiger partial charge in [0, 0.05) is 10.5 Å². The molecule has 0 aliphatic heterocycles. The van der Waals surface area contributed by atoms with Crippen LogP contribution in [-0.4, -0.2) is 14.5 Å². The summed E-state index contributed by atoms with van der Waals surface area (Å²) in [4.78, 5) is 19.9. The first kappa shape index (κ1) is 16.6. The second-order valence-corrected chi connectivity index (χ2v) is 6.78. The van der Waals surface area contributed by atoms with Crippen molar-refractivity contribution in [3.05, 3.63) is 86.9 Å². The second kappa shape index (κ2) is 6.80. The van der Waals surface area contributed by atoms with Crippen LogP contribution in [0.25, 0.3) is 16.7 Å². The Morgan fingerprint density at radius 3 is 2.65 bits per heavy atom. The van der Waals surface area contributed by atoms with Crippen molar-refractivity contribution in [3.8, 4) is 11.6 Å². The maximum absolute atomic E-state index is 12.5. The topological polar surface area (TPSA) is 59.9 Å². The summed E-state index contributed by atoms with van der Waals surface area (Å²) in [6.07, 6.45) is 0.